The number of thioether (sulfide) groups is 1. The molecule has 138 valence electrons. The molecule has 26 heavy (non-hydrogen) atoms. The largest absolute Gasteiger partial charge is 0.372 e. The maximum atomic E-state index is 12.6. The van der Waals surface area contributed by atoms with E-state index < -0.39 is 0 Å². The molecule has 1 aliphatic carbocycles. The van der Waals surface area contributed by atoms with Gasteiger partial charge in [0.05, 0.1) is 23.5 Å². The summed E-state index contributed by atoms with van der Waals surface area (Å²) in [6, 6.07) is 8.53. The average molecular weight is 372 g/mol. The zero-order valence-electron chi connectivity index (χ0n) is 15.1. The van der Waals surface area contributed by atoms with Crippen molar-refractivity contribution in [3.63, 3.8) is 0 Å². The smallest absolute Gasteiger partial charge is 0.233 e. The third kappa shape index (κ3) is 4.10. The molecule has 2 fully saturated rings. The Morgan fingerprint density at radius 1 is 1.23 bits per heavy atom. The van der Waals surface area contributed by atoms with Gasteiger partial charge >= 0.3 is 0 Å². The van der Waals surface area contributed by atoms with Crippen LogP contribution in [0.3, 0.4) is 0 Å². The second-order valence-corrected chi connectivity index (χ2v) is 8.08. The lowest BCUT2D eigenvalue weighted by atomic mass is 10.2. The summed E-state index contributed by atoms with van der Waals surface area (Å²) in [6.07, 6.45) is 2.54. The van der Waals surface area contributed by atoms with Crippen molar-refractivity contribution in [1.29, 1.82) is 0 Å². The number of hydrogen-bond donors (Lipinski definition) is 1. The number of nitrogens with zero attached hydrogens (tertiary/aromatic N) is 3. The van der Waals surface area contributed by atoms with Crippen LogP contribution in [0.2, 0.25) is 0 Å². The van der Waals surface area contributed by atoms with E-state index in [1.54, 1.807) is 0 Å². The monoisotopic (exact) mass is 372 g/mol. The molecular formula is C19H24N4O2S. The van der Waals surface area contributed by atoms with E-state index in [1.807, 2.05) is 43.0 Å². The topological polar surface area (TPSA) is 67.4 Å². The maximum Gasteiger partial charge on any atom is 0.233 e. The lowest BCUT2D eigenvalue weighted by Gasteiger charge is -2.35. The molecule has 1 amide bonds. The standard InChI is InChI=1S/C19H24N4O2S/c1-12-9-23(10-13(2)25-12)17(24)11-26-19-21-16-6-4-3-5-15(16)18(22-19)20-14-7-8-14/h3-6,12-14H,7-11H2,1-2H3,(H,20,21,22)/t12-,13+. The number of anilines is 1. The molecule has 1 aromatic carbocycles. The Morgan fingerprint density at radius 2 is 1.96 bits per heavy atom. The molecule has 2 atom stereocenters. The van der Waals surface area contributed by atoms with Crippen molar-refractivity contribution >= 4 is 34.4 Å². The van der Waals surface area contributed by atoms with Crippen molar-refractivity contribution in [2.75, 3.05) is 24.2 Å². The van der Waals surface area contributed by atoms with Gasteiger partial charge in [-0.15, -0.1) is 0 Å². The van der Waals surface area contributed by atoms with Crippen LogP contribution in [0.4, 0.5) is 5.82 Å². The minimum absolute atomic E-state index is 0.0824. The number of nitrogens with one attached hydrogen (secondary N) is 1. The summed E-state index contributed by atoms with van der Waals surface area (Å²) in [5.41, 5.74) is 0.911. The first-order valence-corrected chi connectivity index (χ1v) is 10.2. The van der Waals surface area contributed by atoms with Crippen molar-refractivity contribution in [2.45, 2.75) is 50.1 Å². The van der Waals surface area contributed by atoms with Gasteiger partial charge in [-0.25, -0.2) is 9.97 Å². The Hall–Kier alpha value is -1.86. The minimum Gasteiger partial charge on any atom is -0.372 e. The van der Waals surface area contributed by atoms with Gasteiger partial charge in [0.15, 0.2) is 5.16 Å². The molecule has 0 spiro atoms. The highest BCUT2D eigenvalue weighted by atomic mass is 32.2. The minimum atomic E-state index is 0.0824. The summed E-state index contributed by atoms with van der Waals surface area (Å²) >= 11 is 1.41. The second-order valence-electron chi connectivity index (χ2n) is 7.14. The number of hydrogen-bond acceptors (Lipinski definition) is 6. The van der Waals surface area contributed by atoms with E-state index in [4.69, 9.17) is 4.74 Å². The number of morpholine rings is 1. The van der Waals surface area contributed by atoms with E-state index in [-0.39, 0.29) is 18.1 Å². The lowest BCUT2D eigenvalue weighted by molar-refractivity contribution is -0.140. The Bertz CT molecular complexity index is 801. The van der Waals surface area contributed by atoms with Gasteiger partial charge < -0.3 is 15.0 Å². The number of carbonyl (C=O) groups excluding carboxylic acids is 1. The van der Waals surface area contributed by atoms with Crippen molar-refractivity contribution < 1.29 is 9.53 Å². The molecule has 1 aliphatic heterocycles. The lowest BCUT2D eigenvalue weighted by Crippen LogP contribution is -2.48. The number of carbonyl (C=O) groups is 1. The van der Waals surface area contributed by atoms with E-state index in [0.29, 0.717) is 30.0 Å². The number of para-hydroxylation sites is 1. The fourth-order valence-electron chi connectivity index (χ4n) is 3.25. The number of ether oxygens (including phenoxy) is 1. The number of amides is 1. The SMILES string of the molecule is C[C@@H]1CN(C(=O)CSc2nc(NC3CC3)c3ccccc3n2)C[C@H](C)O1. The molecule has 2 aromatic rings. The normalized spacial score (nSPS) is 23.2. The van der Waals surface area contributed by atoms with E-state index in [2.05, 4.69) is 15.3 Å². The zero-order chi connectivity index (χ0) is 18.1. The van der Waals surface area contributed by atoms with Gasteiger partial charge in [-0.3, -0.25) is 4.79 Å². The Kier molecular flexibility index (Phi) is 5.00. The Morgan fingerprint density at radius 3 is 2.69 bits per heavy atom. The number of aromatic nitrogens is 2. The molecule has 1 aromatic heterocycles. The van der Waals surface area contributed by atoms with Gasteiger partial charge in [0, 0.05) is 24.5 Å². The van der Waals surface area contributed by atoms with Crippen molar-refractivity contribution in [3.05, 3.63) is 24.3 Å². The van der Waals surface area contributed by atoms with E-state index in [1.165, 1.54) is 24.6 Å². The number of benzene rings is 1. The molecular weight excluding hydrogens is 348 g/mol. The molecule has 0 radical (unpaired) electrons. The second kappa shape index (κ2) is 7.40. The van der Waals surface area contributed by atoms with Gasteiger partial charge in [-0.05, 0) is 38.8 Å². The van der Waals surface area contributed by atoms with Crippen LogP contribution >= 0.6 is 11.8 Å². The summed E-state index contributed by atoms with van der Waals surface area (Å²) in [6.45, 7) is 5.31. The first-order valence-electron chi connectivity index (χ1n) is 9.18. The predicted molar refractivity (Wildman–Crippen MR) is 103 cm³/mol. The molecule has 0 bridgehead atoms. The van der Waals surface area contributed by atoms with E-state index >= 15 is 0 Å². The first kappa shape index (κ1) is 17.5. The molecule has 7 heteroatoms. The first-order chi connectivity index (χ1) is 12.6. The Balaban J connectivity index is 1.47. The summed E-state index contributed by atoms with van der Waals surface area (Å²) in [5.74, 6) is 1.34. The molecule has 1 N–H and O–H groups in total. The molecule has 2 heterocycles. The molecule has 4 rings (SSSR count). The quantitative estimate of drug-likeness (QED) is 0.643. The van der Waals surface area contributed by atoms with Gasteiger partial charge in [-0.2, -0.15) is 0 Å². The fourth-order valence-corrected chi connectivity index (χ4v) is 4.00. The molecule has 2 aliphatic rings. The molecule has 0 unspecified atom stereocenters. The zero-order valence-corrected chi connectivity index (χ0v) is 16.0. The molecule has 6 nitrogen and oxygen atoms in total. The van der Waals surface area contributed by atoms with Gasteiger partial charge in [-0.1, -0.05) is 23.9 Å². The third-order valence-corrected chi connectivity index (χ3v) is 5.43. The van der Waals surface area contributed by atoms with Crippen LogP contribution in [0.1, 0.15) is 26.7 Å². The highest BCUT2D eigenvalue weighted by Gasteiger charge is 2.26. The molecule has 1 saturated heterocycles. The van der Waals surface area contributed by atoms with Crippen molar-refractivity contribution in [1.82, 2.24) is 14.9 Å². The van der Waals surface area contributed by atoms with E-state index in [0.717, 1.165) is 16.7 Å². The predicted octanol–water partition coefficient (Wildman–Crippen LogP) is 2.93. The van der Waals surface area contributed by atoms with Crippen molar-refractivity contribution in [3.8, 4) is 0 Å². The van der Waals surface area contributed by atoms with Crippen LogP contribution in [-0.4, -0.2) is 57.9 Å². The van der Waals surface area contributed by atoms with Crippen LogP contribution in [0.15, 0.2) is 29.4 Å². The number of rotatable bonds is 5. The van der Waals surface area contributed by atoms with Gasteiger partial charge in [0.25, 0.3) is 0 Å². The average Bonchev–Trinajstić information content (AvgIpc) is 3.43. The van der Waals surface area contributed by atoms with Crippen LogP contribution < -0.4 is 5.32 Å². The highest BCUT2D eigenvalue weighted by Crippen LogP contribution is 2.29. The van der Waals surface area contributed by atoms with Crippen LogP contribution in [0, 0.1) is 0 Å². The van der Waals surface area contributed by atoms with Crippen LogP contribution in [0.5, 0.6) is 0 Å². The summed E-state index contributed by atoms with van der Waals surface area (Å²) < 4.78 is 5.70. The fraction of sp³-hybridized carbons (Fsp3) is 0.526. The molecule has 1 saturated carbocycles. The number of fused-ring (bicyclic) bond motifs is 1. The maximum absolute atomic E-state index is 12.6. The summed E-state index contributed by atoms with van der Waals surface area (Å²) in [5, 5.41) is 5.17. The summed E-state index contributed by atoms with van der Waals surface area (Å²) in [7, 11) is 0. The Labute approximate surface area is 157 Å². The highest BCUT2D eigenvalue weighted by molar-refractivity contribution is 7.99. The van der Waals surface area contributed by atoms with Crippen LogP contribution in [0.25, 0.3) is 10.9 Å². The summed E-state index contributed by atoms with van der Waals surface area (Å²) in [4.78, 5) is 23.8. The van der Waals surface area contributed by atoms with Gasteiger partial charge in [0.1, 0.15) is 5.82 Å². The third-order valence-electron chi connectivity index (χ3n) is 4.60. The van der Waals surface area contributed by atoms with Gasteiger partial charge in [0.2, 0.25) is 5.91 Å². The van der Waals surface area contributed by atoms with E-state index in [9.17, 15) is 4.79 Å². The van der Waals surface area contributed by atoms with Crippen molar-refractivity contribution in [2.24, 2.45) is 0 Å². The van der Waals surface area contributed by atoms with Crippen LogP contribution in [-0.2, 0) is 9.53 Å².